The van der Waals surface area contributed by atoms with Gasteiger partial charge in [-0.3, -0.25) is 0 Å². The minimum absolute atomic E-state index is 0.0759. The minimum atomic E-state index is -0.0759. The van der Waals surface area contributed by atoms with Gasteiger partial charge in [0.25, 0.3) is 0 Å². The van der Waals surface area contributed by atoms with Crippen LogP contribution in [0.15, 0.2) is 17.5 Å². The standard InChI is InChI=1S/C13H23NO2S/c1-4-15-13(16-5-2)8-9-14-11(3)12-7-6-10-17-12/h6-7,10-11,13-14H,4-5,8-9H2,1-3H3/t11-/m1/s1. The number of nitrogens with one attached hydrogen (secondary N) is 1. The zero-order valence-electron chi connectivity index (χ0n) is 10.9. The van der Waals surface area contributed by atoms with Crippen molar-refractivity contribution >= 4 is 11.3 Å². The molecule has 1 heterocycles. The molecule has 0 fully saturated rings. The van der Waals surface area contributed by atoms with E-state index >= 15 is 0 Å². The molecule has 3 nitrogen and oxygen atoms in total. The highest BCUT2D eigenvalue weighted by molar-refractivity contribution is 7.10. The van der Waals surface area contributed by atoms with Crippen LogP contribution in [-0.2, 0) is 9.47 Å². The Morgan fingerprint density at radius 2 is 2.00 bits per heavy atom. The van der Waals surface area contributed by atoms with Crippen LogP contribution in [0.2, 0.25) is 0 Å². The molecule has 0 aliphatic rings. The Kier molecular flexibility index (Phi) is 7.44. The molecule has 0 radical (unpaired) electrons. The van der Waals surface area contributed by atoms with E-state index in [1.807, 2.05) is 13.8 Å². The van der Waals surface area contributed by atoms with Crippen LogP contribution < -0.4 is 5.32 Å². The number of hydrogen-bond donors (Lipinski definition) is 1. The summed E-state index contributed by atoms with van der Waals surface area (Å²) in [6, 6.07) is 4.64. The Balaban J connectivity index is 2.21. The molecule has 1 aromatic heterocycles. The van der Waals surface area contributed by atoms with E-state index in [1.165, 1.54) is 4.88 Å². The highest BCUT2D eigenvalue weighted by atomic mass is 32.1. The second-order valence-corrected chi connectivity index (χ2v) is 4.80. The smallest absolute Gasteiger partial charge is 0.158 e. The summed E-state index contributed by atoms with van der Waals surface area (Å²) in [6.45, 7) is 8.48. The molecule has 1 N–H and O–H groups in total. The molecule has 1 aromatic rings. The van der Waals surface area contributed by atoms with Gasteiger partial charge < -0.3 is 14.8 Å². The van der Waals surface area contributed by atoms with Crippen LogP contribution >= 0.6 is 11.3 Å². The fourth-order valence-electron chi connectivity index (χ4n) is 1.64. The molecule has 0 bridgehead atoms. The Hall–Kier alpha value is -0.420. The van der Waals surface area contributed by atoms with Gasteiger partial charge in [-0.2, -0.15) is 0 Å². The maximum Gasteiger partial charge on any atom is 0.158 e. The third-order valence-electron chi connectivity index (χ3n) is 2.51. The van der Waals surface area contributed by atoms with Crippen LogP contribution in [0.4, 0.5) is 0 Å². The van der Waals surface area contributed by atoms with Gasteiger partial charge in [-0.15, -0.1) is 11.3 Å². The van der Waals surface area contributed by atoms with E-state index in [1.54, 1.807) is 11.3 Å². The first-order valence-corrected chi connectivity index (χ1v) is 7.15. The fraction of sp³-hybridized carbons (Fsp3) is 0.692. The lowest BCUT2D eigenvalue weighted by atomic mass is 10.2. The molecule has 98 valence electrons. The molecule has 4 heteroatoms. The van der Waals surface area contributed by atoms with E-state index in [-0.39, 0.29) is 6.29 Å². The normalized spacial score (nSPS) is 13.2. The van der Waals surface area contributed by atoms with E-state index in [0.717, 1.165) is 13.0 Å². The third-order valence-corrected chi connectivity index (χ3v) is 3.56. The number of rotatable bonds is 9. The molecule has 0 aliphatic heterocycles. The number of ether oxygens (including phenoxy) is 2. The third kappa shape index (κ3) is 5.64. The van der Waals surface area contributed by atoms with Gasteiger partial charge in [0.2, 0.25) is 0 Å². The first-order chi connectivity index (χ1) is 8.27. The van der Waals surface area contributed by atoms with Crippen molar-refractivity contribution in [2.24, 2.45) is 0 Å². The summed E-state index contributed by atoms with van der Waals surface area (Å²) in [7, 11) is 0. The quantitative estimate of drug-likeness (QED) is 0.689. The number of hydrogen-bond acceptors (Lipinski definition) is 4. The molecule has 1 atom stereocenters. The molecular formula is C13H23NO2S. The van der Waals surface area contributed by atoms with E-state index in [0.29, 0.717) is 19.3 Å². The Bertz CT molecular complexity index is 271. The average molecular weight is 257 g/mol. The molecule has 0 aliphatic carbocycles. The SMILES string of the molecule is CCOC(CCN[C@H](C)c1cccs1)OCC. The van der Waals surface area contributed by atoms with Crippen LogP contribution in [0.3, 0.4) is 0 Å². The van der Waals surface area contributed by atoms with E-state index in [9.17, 15) is 0 Å². The average Bonchev–Trinajstić information content (AvgIpc) is 2.83. The fourth-order valence-corrected chi connectivity index (χ4v) is 2.40. The number of thiophene rings is 1. The Morgan fingerprint density at radius 3 is 2.53 bits per heavy atom. The van der Waals surface area contributed by atoms with Crippen LogP contribution in [0.1, 0.15) is 38.1 Å². The van der Waals surface area contributed by atoms with E-state index < -0.39 is 0 Å². The molecule has 0 spiro atoms. The first kappa shape index (κ1) is 14.6. The monoisotopic (exact) mass is 257 g/mol. The maximum atomic E-state index is 5.50. The van der Waals surface area contributed by atoms with Crippen molar-refractivity contribution in [3.63, 3.8) is 0 Å². The van der Waals surface area contributed by atoms with Crippen molar-refractivity contribution in [3.8, 4) is 0 Å². The predicted octanol–water partition coefficient (Wildman–Crippen LogP) is 3.19. The summed E-state index contributed by atoms with van der Waals surface area (Å²) >= 11 is 1.79. The Morgan fingerprint density at radius 1 is 1.29 bits per heavy atom. The Labute approximate surface area is 108 Å². The molecule has 0 aromatic carbocycles. The van der Waals surface area contributed by atoms with Gasteiger partial charge in [0, 0.05) is 37.1 Å². The van der Waals surface area contributed by atoms with Gasteiger partial charge in [0.1, 0.15) is 0 Å². The van der Waals surface area contributed by atoms with Crippen molar-refractivity contribution in [1.82, 2.24) is 5.32 Å². The van der Waals surface area contributed by atoms with Crippen LogP contribution in [0.5, 0.6) is 0 Å². The summed E-state index contributed by atoms with van der Waals surface area (Å²) in [5.74, 6) is 0. The van der Waals surface area contributed by atoms with Gasteiger partial charge in [-0.05, 0) is 32.2 Å². The summed E-state index contributed by atoms with van der Waals surface area (Å²) in [6.07, 6.45) is 0.810. The van der Waals surface area contributed by atoms with E-state index in [2.05, 4.69) is 29.8 Å². The lowest BCUT2D eigenvalue weighted by molar-refractivity contribution is -0.138. The zero-order valence-corrected chi connectivity index (χ0v) is 11.8. The summed E-state index contributed by atoms with van der Waals surface area (Å²) in [5, 5.41) is 5.59. The molecule has 0 amide bonds. The minimum Gasteiger partial charge on any atom is -0.353 e. The second kappa shape index (κ2) is 8.64. The molecule has 0 saturated heterocycles. The van der Waals surface area contributed by atoms with Crippen molar-refractivity contribution < 1.29 is 9.47 Å². The van der Waals surface area contributed by atoms with Gasteiger partial charge in [-0.25, -0.2) is 0 Å². The van der Waals surface area contributed by atoms with Crippen LogP contribution in [0, 0.1) is 0 Å². The maximum absolute atomic E-state index is 5.50. The van der Waals surface area contributed by atoms with Crippen LogP contribution in [-0.4, -0.2) is 26.0 Å². The summed E-state index contributed by atoms with van der Waals surface area (Å²) in [5.41, 5.74) is 0. The molecule has 17 heavy (non-hydrogen) atoms. The molecule has 0 unspecified atom stereocenters. The molecule has 1 rings (SSSR count). The van der Waals surface area contributed by atoms with Gasteiger partial charge in [-0.1, -0.05) is 6.07 Å². The van der Waals surface area contributed by atoms with Crippen molar-refractivity contribution in [2.45, 2.75) is 39.5 Å². The van der Waals surface area contributed by atoms with E-state index in [4.69, 9.17) is 9.47 Å². The highest BCUT2D eigenvalue weighted by Gasteiger charge is 2.09. The van der Waals surface area contributed by atoms with Crippen molar-refractivity contribution in [2.75, 3.05) is 19.8 Å². The zero-order chi connectivity index (χ0) is 12.5. The lowest BCUT2D eigenvalue weighted by Crippen LogP contribution is -2.26. The highest BCUT2D eigenvalue weighted by Crippen LogP contribution is 2.17. The second-order valence-electron chi connectivity index (χ2n) is 3.82. The first-order valence-electron chi connectivity index (χ1n) is 6.27. The summed E-state index contributed by atoms with van der Waals surface area (Å²) < 4.78 is 11.0. The van der Waals surface area contributed by atoms with Gasteiger partial charge >= 0.3 is 0 Å². The van der Waals surface area contributed by atoms with Gasteiger partial charge in [0.05, 0.1) is 0 Å². The van der Waals surface area contributed by atoms with Crippen LogP contribution in [0.25, 0.3) is 0 Å². The summed E-state index contributed by atoms with van der Waals surface area (Å²) in [4.78, 5) is 1.37. The van der Waals surface area contributed by atoms with Crippen molar-refractivity contribution in [3.05, 3.63) is 22.4 Å². The van der Waals surface area contributed by atoms with Crippen molar-refractivity contribution in [1.29, 1.82) is 0 Å². The topological polar surface area (TPSA) is 30.5 Å². The predicted molar refractivity (Wildman–Crippen MR) is 72.4 cm³/mol. The molecule has 0 saturated carbocycles. The molecular weight excluding hydrogens is 234 g/mol. The van der Waals surface area contributed by atoms with Gasteiger partial charge in [0.15, 0.2) is 6.29 Å². The largest absolute Gasteiger partial charge is 0.353 e. The lowest BCUT2D eigenvalue weighted by Gasteiger charge is -2.18.